The minimum Gasteiger partial charge on any atom is -0.465 e. The van der Waals surface area contributed by atoms with Gasteiger partial charge in [0.2, 0.25) is 10.0 Å². The van der Waals surface area contributed by atoms with Crippen molar-refractivity contribution in [1.82, 2.24) is 5.32 Å². The topological polar surface area (TPSA) is 128 Å². The van der Waals surface area contributed by atoms with Crippen molar-refractivity contribution in [3.05, 3.63) is 59.7 Å². The molecule has 2 amide bonds. The molecule has 0 radical (unpaired) electrons. The zero-order valence-corrected chi connectivity index (χ0v) is 14.9. The smallest absolute Gasteiger partial charge is 0.337 e. The highest BCUT2D eigenvalue weighted by Gasteiger charge is 2.08. The summed E-state index contributed by atoms with van der Waals surface area (Å²) in [7, 11) is -2.41. The first kappa shape index (κ1) is 19.4. The number of anilines is 1. The third-order valence-electron chi connectivity index (χ3n) is 3.51. The van der Waals surface area contributed by atoms with Crippen LogP contribution in [0, 0.1) is 0 Å². The van der Waals surface area contributed by atoms with Crippen LogP contribution in [0.1, 0.15) is 15.9 Å². The van der Waals surface area contributed by atoms with Gasteiger partial charge < -0.3 is 15.4 Å². The third-order valence-corrected chi connectivity index (χ3v) is 4.44. The van der Waals surface area contributed by atoms with Gasteiger partial charge in [0.05, 0.1) is 17.6 Å². The zero-order chi connectivity index (χ0) is 19.2. The summed E-state index contributed by atoms with van der Waals surface area (Å²) in [5.41, 5.74) is 1.79. The standard InChI is InChI=1S/C17H19N3O5S/c1-25-16(21)13-4-6-14(7-5-13)20-17(22)19-11-10-12-2-8-15(9-3-12)26(18,23)24/h2-9H,10-11H2,1H3,(H2,18,23,24)(H2,19,20,22). The fourth-order valence-electron chi connectivity index (χ4n) is 2.15. The number of carbonyl (C=O) groups excluding carboxylic acids is 2. The van der Waals surface area contributed by atoms with Crippen LogP contribution in [0.25, 0.3) is 0 Å². The fourth-order valence-corrected chi connectivity index (χ4v) is 2.66. The molecule has 0 aliphatic carbocycles. The number of benzene rings is 2. The number of hydrogen-bond donors (Lipinski definition) is 3. The van der Waals surface area contributed by atoms with E-state index in [1.807, 2.05) is 0 Å². The van der Waals surface area contributed by atoms with Gasteiger partial charge in [-0.2, -0.15) is 0 Å². The maximum absolute atomic E-state index is 11.9. The van der Waals surface area contributed by atoms with Gasteiger partial charge in [0.15, 0.2) is 0 Å². The molecule has 0 heterocycles. The molecular weight excluding hydrogens is 358 g/mol. The number of hydrogen-bond acceptors (Lipinski definition) is 5. The molecule has 0 bridgehead atoms. The van der Waals surface area contributed by atoms with Crippen LogP contribution in [0.2, 0.25) is 0 Å². The van der Waals surface area contributed by atoms with Crippen molar-refractivity contribution in [3.63, 3.8) is 0 Å². The second kappa shape index (κ2) is 8.45. The summed E-state index contributed by atoms with van der Waals surface area (Å²) in [6.45, 7) is 0.362. The molecule has 0 aromatic heterocycles. The molecule has 0 atom stereocenters. The number of nitrogens with one attached hydrogen (secondary N) is 2. The summed E-state index contributed by atoms with van der Waals surface area (Å²) in [5, 5.41) is 10.4. The Morgan fingerprint density at radius 1 is 1.04 bits per heavy atom. The summed E-state index contributed by atoms with van der Waals surface area (Å²) in [4.78, 5) is 23.2. The number of primary sulfonamides is 1. The highest BCUT2D eigenvalue weighted by molar-refractivity contribution is 7.89. The van der Waals surface area contributed by atoms with Gasteiger partial charge in [0.25, 0.3) is 0 Å². The summed E-state index contributed by atoms with van der Waals surface area (Å²) >= 11 is 0. The lowest BCUT2D eigenvalue weighted by Gasteiger charge is -2.08. The largest absolute Gasteiger partial charge is 0.465 e. The number of esters is 1. The van der Waals surface area contributed by atoms with E-state index >= 15 is 0 Å². The molecule has 2 rings (SSSR count). The van der Waals surface area contributed by atoms with Gasteiger partial charge >= 0.3 is 12.0 Å². The summed E-state index contributed by atoms with van der Waals surface area (Å²) in [5.74, 6) is -0.450. The fraction of sp³-hybridized carbons (Fsp3) is 0.176. The second-order valence-electron chi connectivity index (χ2n) is 5.39. The lowest BCUT2D eigenvalue weighted by atomic mass is 10.1. The average molecular weight is 377 g/mol. The van der Waals surface area contributed by atoms with E-state index in [2.05, 4.69) is 15.4 Å². The predicted octanol–water partition coefficient (Wildman–Crippen LogP) is 1.48. The number of nitrogens with two attached hydrogens (primary N) is 1. The van der Waals surface area contributed by atoms with Crippen LogP contribution < -0.4 is 15.8 Å². The SMILES string of the molecule is COC(=O)c1ccc(NC(=O)NCCc2ccc(S(N)(=O)=O)cc2)cc1. The zero-order valence-electron chi connectivity index (χ0n) is 14.1. The number of ether oxygens (including phenoxy) is 1. The van der Waals surface area contributed by atoms with Crippen molar-refractivity contribution >= 4 is 27.7 Å². The molecular formula is C17H19N3O5S. The molecule has 2 aromatic carbocycles. The van der Waals surface area contributed by atoms with E-state index in [4.69, 9.17) is 5.14 Å². The number of methoxy groups -OCH3 is 1. The molecule has 0 spiro atoms. The van der Waals surface area contributed by atoms with Gasteiger partial charge in [-0.1, -0.05) is 12.1 Å². The highest BCUT2D eigenvalue weighted by Crippen LogP contribution is 2.11. The molecule has 0 saturated carbocycles. The van der Waals surface area contributed by atoms with Crippen LogP contribution in [0.15, 0.2) is 53.4 Å². The highest BCUT2D eigenvalue weighted by atomic mass is 32.2. The molecule has 26 heavy (non-hydrogen) atoms. The van der Waals surface area contributed by atoms with Crippen LogP contribution in [-0.2, 0) is 21.2 Å². The predicted molar refractivity (Wildman–Crippen MR) is 96.3 cm³/mol. The molecule has 9 heteroatoms. The second-order valence-corrected chi connectivity index (χ2v) is 6.95. The van der Waals surface area contributed by atoms with E-state index in [1.165, 1.54) is 19.2 Å². The molecule has 0 saturated heterocycles. The van der Waals surface area contributed by atoms with Gasteiger partial charge in [-0.25, -0.2) is 23.1 Å². The van der Waals surface area contributed by atoms with Crippen molar-refractivity contribution in [3.8, 4) is 0 Å². The van der Waals surface area contributed by atoms with Crippen LogP contribution >= 0.6 is 0 Å². The number of sulfonamides is 1. The normalized spacial score (nSPS) is 10.8. The van der Waals surface area contributed by atoms with Gasteiger partial charge in [-0.15, -0.1) is 0 Å². The van der Waals surface area contributed by atoms with E-state index in [1.54, 1.807) is 36.4 Å². The van der Waals surface area contributed by atoms with E-state index in [-0.39, 0.29) is 4.90 Å². The lowest BCUT2D eigenvalue weighted by molar-refractivity contribution is 0.0600. The Balaban J connectivity index is 1.81. The molecule has 0 unspecified atom stereocenters. The minimum atomic E-state index is -3.71. The van der Waals surface area contributed by atoms with E-state index < -0.39 is 22.0 Å². The Morgan fingerprint density at radius 3 is 2.19 bits per heavy atom. The van der Waals surface area contributed by atoms with Crippen molar-refractivity contribution < 1.29 is 22.7 Å². The minimum absolute atomic E-state index is 0.0438. The quantitative estimate of drug-likeness (QED) is 0.657. The Morgan fingerprint density at radius 2 is 1.65 bits per heavy atom. The molecule has 0 aliphatic rings. The van der Waals surface area contributed by atoms with Crippen molar-refractivity contribution in [2.24, 2.45) is 5.14 Å². The summed E-state index contributed by atoms with van der Waals surface area (Å²) < 4.78 is 27.0. The van der Waals surface area contributed by atoms with Gasteiger partial charge in [-0.05, 0) is 48.4 Å². The Kier molecular flexibility index (Phi) is 6.31. The van der Waals surface area contributed by atoms with E-state index in [0.29, 0.717) is 24.2 Å². The molecule has 8 nitrogen and oxygen atoms in total. The lowest BCUT2D eigenvalue weighted by Crippen LogP contribution is -2.30. The first-order valence-electron chi connectivity index (χ1n) is 7.64. The van der Waals surface area contributed by atoms with Crippen LogP contribution in [0.3, 0.4) is 0 Å². The maximum atomic E-state index is 11.9. The van der Waals surface area contributed by atoms with Crippen molar-refractivity contribution in [2.45, 2.75) is 11.3 Å². The number of urea groups is 1. The van der Waals surface area contributed by atoms with Crippen LogP contribution in [-0.4, -0.2) is 34.1 Å². The third kappa shape index (κ3) is 5.57. The van der Waals surface area contributed by atoms with Gasteiger partial charge in [0.1, 0.15) is 0 Å². The number of rotatable bonds is 6. The Hall–Kier alpha value is -2.91. The van der Waals surface area contributed by atoms with E-state index in [0.717, 1.165) is 5.56 Å². The first-order chi connectivity index (χ1) is 12.3. The Bertz CT molecular complexity index is 878. The molecule has 0 fully saturated rings. The first-order valence-corrected chi connectivity index (χ1v) is 9.19. The van der Waals surface area contributed by atoms with Gasteiger partial charge in [-0.3, -0.25) is 0 Å². The van der Waals surface area contributed by atoms with E-state index in [9.17, 15) is 18.0 Å². The van der Waals surface area contributed by atoms with Crippen molar-refractivity contribution in [1.29, 1.82) is 0 Å². The maximum Gasteiger partial charge on any atom is 0.337 e. The molecule has 138 valence electrons. The van der Waals surface area contributed by atoms with Gasteiger partial charge in [0, 0.05) is 12.2 Å². The van der Waals surface area contributed by atoms with Crippen molar-refractivity contribution in [2.75, 3.05) is 19.0 Å². The average Bonchev–Trinajstić information content (AvgIpc) is 2.61. The molecule has 2 aromatic rings. The summed E-state index contributed by atoms with van der Waals surface area (Å²) in [6.07, 6.45) is 0.527. The molecule has 0 aliphatic heterocycles. The number of amides is 2. The number of carbonyl (C=O) groups is 2. The van der Waals surface area contributed by atoms with Crippen LogP contribution in [0.5, 0.6) is 0 Å². The molecule has 4 N–H and O–H groups in total. The van der Waals surface area contributed by atoms with Crippen LogP contribution in [0.4, 0.5) is 10.5 Å². The monoisotopic (exact) mass is 377 g/mol. The summed E-state index contributed by atoms with van der Waals surface area (Å²) in [6, 6.07) is 12.0. The Labute approximate surface area is 151 Å².